The molecule has 9 heteroatoms. The van der Waals surface area contributed by atoms with Crippen molar-refractivity contribution >= 4 is 16.0 Å². The van der Waals surface area contributed by atoms with Crippen molar-refractivity contribution in [2.24, 2.45) is 5.92 Å². The van der Waals surface area contributed by atoms with Crippen molar-refractivity contribution in [2.45, 2.75) is 62.5 Å². The zero-order valence-corrected chi connectivity index (χ0v) is 21.3. The zero-order chi connectivity index (χ0) is 25.8. The van der Waals surface area contributed by atoms with Gasteiger partial charge in [0.1, 0.15) is 5.82 Å². The normalized spacial score (nSPS) is 15.4. The number of halogens is 1. The molecule has 1 atom stereocenters. The maximum absolute atomic E-state index is 14.0. The molecule has 0 radical (unpaired) electrons. The Morgan fingerprint density at radius 2 is 1.83 bits per heavy atom. The first kappa shape index (κ1) is 27.3. The topological polar surface area (TPSA) is 107 Å². The maximum atomic E-state index is 14.0. The Labute approximate surface area is 207 Å². The predicted octanol–water partition coefficient (Wildman–Crippen LogP) is 3.00. The van der Waals surface area contributed by atoms with Crippen molar-refractivity contribution in [1.82, 2.24) is 9.62 Å². The van der Waals surface area contributed by atoms with Crippen LogP contribution in [0.5, 0.6) is 0 Å². The number of fused-ring (bicyclic) bond motifs is 1. The number of carboxylic acid groups (broad SMARTS) is 1. The van der Waals surface area contributed by atoms with E-state index in [1.807, 2.05) is 0 Å². The second-order valence-electron chi connectivity index (χ2n) is 10.1. The second kappa shape index (κ2) is 11.2. The quantitative estimate of drug-likeness (QED) is 0.409. The highest BCUT2D eigenvalue weighted by Crippen LogP contribution is 2.31. The lowest BCUT2D eigenvalue weighted by Gasteiger charge is -2.31. The SMILES string of the molecule is CN(C[C@H](O)CNC(C)(C)CC1Cc2ccccc2C1)S(=O)(=O)c1cc(F)cc(CCC(=O)O)c1. The summed E-state index contributed by atoms with van der Waals surface area (Å²) in [4.78, 5) is 10.5. The number of hydrogen-bond donors (Lipinski definition) is 3. The van der Waals surface area contributed by atoms with Crippen LogP contribution >= 0.6 is 0 Å². The summed E-state index contributed by atoms with van der Waals surface area (Å²) in [5.74, 6) is -1.29. The fraction of sp³-hybridized carbons (Fsp3) is 0.500. The molecule has 35 heavy (non-hydrogen) atoms. The Bertz CT molecular complexity index is 1130. The molecule has 1 aliphatic carbocycles. The van der Waals surface area contributed by atoms with Crippen LogP contribution in [0.15, 0.2) is 47.4 Å². The van der Waals surface area contributed by atoms with Crippen LogP contribution in [-0.2, 0) is 34.1 Å². The van der Waals surface area contributed by atoms with Crippen molar-refractivity contribution in [2.75, 3.05) is 20.1 Å². The standard InChI is InChI=1S/C26H35FN2O5S/c1-26(2,15-19-10-20-6-4-5-7-21(20)11-19)28-16-23(30)17-29(3)35(33,34)24-13-18(8-9-25(31)32)12-22(27)14-24/h4-7,12-14,19,23,28,30H,8-11,15-17H2,1-3H3,(H,31,32)/t23-/m1/s1. The number of hydrogen-bond acceptors (Lipinski definition) is 5. The maximum Gasteiger partial charge on any atom is 0.303 e. The molecule has 1 aliphatic rings. The van der Waals surface area contributed by atoms with Crippen LogP contribution in [0.4, 0.5) is 4.39 Å². The van der Waals surface area contributed by atoms with Crippen LogP contribution in [0.3, 0.4) is 0 Å². The van der Waals surface area contributed by atoms with E-state index in [0.29, 0.717) is 5.92 Å². The van der Waals surface area contributed by atoms with Crippen molar-refractivity contribution < 1.29 is 27.8 Å². The average Bonchev–Trinajstić information content (AvgIpc) is 3.17. The van der Waals surface area contributed by atoms with E-state index >= 15 is 0 Å². The van der Waals surface area contributed by atoms with Crippen molar-refractivity contribution in [1.29, 1.82) is 0 Å². The number of aryl methyl sites for hydroxylation is 1. The van der Waals surface area contributed by atoms with E-state index in [4.69, 9.17) is 5.11 Å². The Hall–Kier alpha value is -2.33. The summed E-state index contributed by atoms with van der Waals surface area (Å²) in [5, 5.41) is 22.7. The number of aliphatic hydroxyl groups is 1. The Morgan fingerprint density at radius 3 is 2.43 bits per heavy atom. The smallest absolute Gasteiger partial charge is 0.303 e. The highest BCUT2D eigenvalue weighted by molar-refractivity contribution is 7.89. The van der Waals surface area contributed by atoms with Crippen molar-refractivity contribution in [3.63, 3.8) is 0 Å². The van der Waals surface area contributed by atoms with Gasteiger partial charge in [0, 0.05) is 32.1 Å². The molecule has 0 aliphatic heterocycles. The molecule has 0 bridgehead atoms. The molecule has 3 rings (SSSR count). The number of carboxylic acids is 1. The predicted molar refractivity (Wildman–Crippen MR) is 132 cm³/mol. The summed E-state index contributed by atoms with van der Waals surface area (Å²) < 4.78 is 40.9. The number of carbonyl (C=O) groups is 1. The summed E-state index contributed by atoms with van der Waals surface area (Å²) in [6, 6.07) is 11.8. The van der Waals surface area contributed by atoms with Crippen molar-refractivity contribution in [3.8, 4) is 0 Å². The van der Waals surface area contributed by atoms with Gasteiger partial charge in [-0.3, -0.25) is 4.79 Å². The Morgan fingerprint density at radius 1 is 1.20 bits per heavy atom. The van der Waals surface area contributed by atoms with Gasteiger partial charge in [0.15, 0.2) is 0 Å². The molecule has 0 spiro atoms. The monoisotopic (exact) mass is 506 g/mol. The minimum Gasteiger partial charge on any atom is -0.481 e. The van der Waals surface area contributed by atoms with Crippen LogP contribution in [0.2, 0.25) is 0 Å². The van der Waals surface area contributed by atoms with Gasteiger partial charge in [-0.2, -0.15) is 4.31 Å². The number of aliphatic hydroxyl groups excluding tert-OH is 1. The van der Waals surface area contributed by atoms with E-state index in [2.05, 4.69) is 43.4 Å². The van der Waals surface area contributed by atoms with Crippen LogP contribution in [0.1, 0.15) is 43.4 Å². The zero-order valence-electron chi connectivity index (χ0n) is 20.5. The number of rotatable bonds is 12. The first-order chi connectivity index (χ1) is 16.4. The van der Waals surface area contributed by atoms with E-state index in [-0.39, 0.29) is 41.9 Å². The van der Waals surface area contributed by atoms with E-state index < -0.39 is 27.9 Å². The molecule has 0 saturated heterocycles. The first-order valence-corrected chi connectivity index (χ1v) is 13.3. The van der Waals surface area contributed by atoms with E-state index in [1.165, 1.54) is 24.2 Å². The average molecular weight is 507 g/mol. The first-order valence-electron chi connectivity index (χ1n) is 11.8. The van der Waals surface area contributed by atoms with Gasteiger partial charge in [0.2, 0.25) is 10.0 Å². The number of nitrogens with zero attached hydrogens (tertiary/aromatic N) is 1. The van der Waals surface area contributed by atoms with Gasteiger partial charge in [0.25, 0.3) is 0 Å². The van der Waals surface area contributed by atoms with E-state index in [1.54, 1.807) is 0 Å². The minimum absolute atomic E-state index is 0.0209. The third kappa shape index (κ3) is 7.57. The molecule has 0 amide bonds. The lowest BCUT2D eigenvalue weighted by Crippen LogP contribution is -2.47. The minimum atomic E-state index is -4.06. The summed E-state index contributed by atoms with van der Waals surface area (Å²) in [7, 11) is -2.73. The summed E-state index contributed by atoms with van der Waals surface area (Å²) in [6.07, 6.45) is 1.82. The molecule has 7 nitrogen and oxygen atoms in total. The van der Waals surface area contributed by atoms with Crippen LogP contribution in [-0.4, -0.2) is 60.7 Å². The number of nitrogens with one attached hydrogen (secondary N) is 1. The van der Waals surface area contributed by atoms with Gasteiger partial charge in [-0.25, -0.2) is 12.8 Å². The molecule has 3 N–H and O–H groups in total. The molecule has 0 unspecified atom stereocenters. The second-order valence-corrected chi connectivity index (χ2v) is 12.2. The molecule has 2 aromatic carbocycles. The van der Waals surface area contributed by atoms with Gasteiger partial charge in [0.05, 0.1) is 11.0 Å². The van der Waals surface area contributed by atoms with Crippen LogP contribution in [0, 0.1) is 11.7 Å². The van der Waals surface area contributed by atoms with E-state index in [0.717, 1.165) is 35.7 Å². The van der Waals surface area contributed by atoms with Gasteiger partial charge in [-0.05, 0) is 80.3 Å². The fourth-order valence-corrected chi connectivity index (χ4v) is 6.08. The third-order valence-corrected chi connectivity index (χ3v) is 8.29. The lowest BCUT2D eigenvalue weighted by molar-refractivity contribution is -0.136. The number of benzene rings is 2. The van der Waals surface area contributed by atoms with Gasteiger partial charge in [-0.15, -0.1) is 0 Å². The Balaban J connectivity index is 1.54. The molecule has 0 heterocycles. The number of aliphatic carboxylic acids is 1. The highest BCUT2D eigenvalue weighted by Gasteiger charge is 2.29. The molecule has 0 aromatic heterocycles. The molecule has 0 fully saturated rings. The number of likely N-dealkylation sites (N-methyl/N-ethyl adjacent to an activating group) is 1. The molecule has 2 aromatic rings. The Kier molecular flexibility index (Phi) is 8.69. The number of sulfonamides is 1. The highest BCUT2D eigenvalue weighted by atomic mass is 32.2. The molecule has 0 saturated carbocycles. The van der Waals surface area contributed by atoms with Crippen LogP contribution in [0.25, 0.3) is 0 Å². The molecule has 192 valence electrons. The van der Waals surface area contributed by atoms with Crippen molar-refractivity contribution in [3.05, 3.63) is 65.0 Å². The summed E-state index contributed by atoms with van der Waals surface area (Å²) in [5.41, 5.74) is 2.83. The summed E-state index contributed by atoms with van der Waals surface area (Å²) in [6.45, 7) is 4.20. The van der Waals surface area contributed by atoms with Gasteiger partial charge < -0.3 is 15.5 Å². The number of β-amino-alcohol motifs (C(OH)–C–C–N with tert-alkyl or cyclic N) is 1. The molecular weight excluding hydrogens is 471 g/mol. The third-order valence-electron chi connectivity index (χ3n) is 6.49. The largest absolute Gasteiger partial charge is 0.481 e. The van der Waals surface area contributed by atoms with Crippen LogP contribution < -0.4 is 5.32 Å². The summed E-state index contributed by atoms with van der Waals surface area (Å²) >= 11 is 0. The van der Waals surface area contributed by atoms with E-state index in [9.17, 15) is 22.7 Å². The fourth-order valence-electron chi connectivity index (χ4n) is 4.79. The molecular formula is C26H35FN2O5S. The van der Waals surface area contributed by atoms with Gasteiger partial charge in [-0.1, -0.05) is 24.3 Å². The lowest BCUT2D eigenvalue weighted by atomic mass is 9.88. The van der Waals surface area contributed by atoms with Gasteiger partial charge >= 0.3 is 5.97 Å².